The first-order valence-corrected chi connectivity index (χ1v) is 11.6. The van der Waals surface area contributed by atoms with Crippen LogP contribution in [-0.2, 0) is 11.3 Å². The van der Waals surface area contributed by atoms with Gasteiger partial charge in [0.2, 0.25) is 17.6 Å². The highest BCUT2D eigenvalue weighted by molar-refractivity contribution is 7.96. The van der Waals surface area contributed by atoms with Crippen molar-refractivity contribution < 1.29 is 18.8 Å². The Hall–Kier alpha value is -3.71. The average Bonchev–Trinajstić information content (AvgIpc) is 3.58. The van der Waals surface area contributed by atoms with Crippen LogP contribution in [0.4, 0.5) is 17.2 Å². The van der Waals surface area contributed by atoms with Gasteiger partial charge in [0.05, 0.1) is 30.6 Å². The number of amides is 2. The molecule has 2 heterocycles. The molecule has 12 nitrogen and oxygen atoms in total. The van der Waals surface area contributed by atoms with Crippen molar-refractivity contribution in [3.63, 3.8) is 0 Å². The summed E-state index contributed by atoms with van der Waals surface area (Å²) < 4.78 is 12.9. The SMILES string of the molecule is COc1c(Nc2cc(NC(=O)C3CC3)nnc2C(N)=O)cccc1-c1noc(CN(C)SC)n1. The molecule has 13 heteroatoms. The minimum Gasteiger partial charge on any atom is -0.494 e. The Morgan fingerprint density at radius 2 is 2.09 bits per heavy atom. The van der Waals surface area contributed by atoms with Gasteiger partial charge in [0, 0.05) is 12.0 Å². The van der Waals surface area contributed by atoms with Crippen LogP contribution in [0.2, 0.25) is 0 Å². The lowest BCUT2D eigenvalue weighted by molar-refractivity contribution is -0.117. The van der Waals surface area contributed by atoms with E-state index in [0.29, 0.717) is 35.3 Å². The van der Waals surface area contributed by atoms with Crippen molar-refractivity contribution >= 4 is 41.0 Å². The Morgan fingerprint density at radius 1 is 1.29 bits per heavy atom. The van der Waals surface area contributed by atoms with Crippen LogP contribution in [0.1, 0.15) is 29.2 Å². The molecule has 0 aliphatic heterocycles. The minimum atomic E-state index is -0.772. The van der Waals surface area contributed by atoms with Crippen LogP contribution >= 0.6 is 11.9 Å². The number of hydrogen-bond acceptors (Lipinski definition) is 11. The molecule has 4 N–H and O–H groups in total. The van der Waals surface area contributed by atoms with Crippen LogP contribution in [0.15, 0.2) is 28.8 Å². The molecule has 34 heavy (non-hydrogen) atoms. The number of ether oxygens (including phenoxy) is 1. The first-order valence-electron chi connectivity index (χ1n) is 10.4. The van der Waals surface area contributed by atoms with E-state index in [0.717, 1.165) is 12.8 Å². The van der Waals surface area contributed by atoms with Gasteiger partial charge in [-0.1, -0.05) is 23.2 Å². The molecule has 2 amide bonds. The lowest BCUT2D eigenvalue weighted by Gasteiger charge is -2.15. The molecule has 178 valence electrons. The molecule has 1 aliphatic rings. The molecule has 1 aliphatic carbocycles. The number of para-hydroxylation sites is 1. The van der Waals surface area contributed by atoms with E-state index in [-0.39, 0.29) is 29.0 Å². The smallest absolute Gasteiger partial charge is 0.271 e. The molecule has 4 rings (SSSR count). The molecule has 3 aromatic rings. The average molecular weight is 485 g/mol. The second kappa shape index (κ2) is 10.1. The summed E-state index contributed by atoms with van der Waals surface area (Å²) in [5, 5.41) is 17.7. The second-order valence-corrected chi connectivity index (χ2v) is 8.60. The van der Waals surface area contributed by atoms with E-state index in [1.54, 1.807) is 30.1 Å². The number of nitrogens with two attached hydrogens (primary N) is 1. The number of primary amides is 1. The van der Waals surface area contributed by atoms with Crippen LogP contribution in [-0.4, -0.2) is 56.9 Å². The van der Waals surface area contributed by atoms with Gasteiger partial charge in [-0.25, -0.2) is 4.31 Å². The number of aromatic nitrogens is 4. The van der Waals surface area contributed by atoms with Crippen LogP contribution in [0, 0.1) is 5.92 Å². The first-order chi connectivity index (χ1) is 16.4. The number of anilines is 3. The van der Waals surface area contributed by atoms with E-state index >= 15 is 0 Å². The van der Waals surface area contributed by atoms with E-state index in [2.05, 4.69) is 31.0 Å². The van der Waals surface area contributed by atoms with Gasteiger partial charge >= 0.3 is 0 Å². The maximum Gasteiger partial charge on any atom is 0.271 e. The summed E-state index contributed by atoms with van der Waals surface area (Å²) in [7, 11) is 3.42. The summed E-state index contributed by atoms with van der Waals surface area (Å²) in [4.78, 5) is 28.5. The fraction of sp³-hybridized carbons (Fsp3) is 0.333. The largest absolute Gasteiger partial charge is 0.494 e. The highest BCUT2D eigenvalue weighted by Gasteiger charge is 2.30. The summed E-state index contributed by atoms with van der Waals surface area (Å²) in [6.45, 7) is 0.481. The predicted octanol–water partition coefficient (Wildman–Crippen LogP) is 2.44. The van der Waals surface area contributed by atoms with Crippen molar-refractivity contribution in [3.8, 4) is 17.1 Å². The highest BCUT2D eigenvalue weighted by Crippen LogP contribution is 2.37. The Balaban J connectivity index is 1.65. The van der Waals surface area contributed by atoms with Gasteiger partial charge in [0.25, 0.3) is 5.91 Å². The number of carbonyl (C=O) groups excluding carboxylic acids is 2. The lowest BCUT2D eigenvalue weighted by Crippen LogP contribution is -2.19. The number of methoxy groups -OCH3 is 1. The summed E-state index contributed by atoms with van der Waals surface area (Å²) in [6, 6.07) is 6.82. The van der Waals surface area contributed by atoms with Crippen LogP contribution in [0.25, 0.3) is 11.4 Å². The molecule has 0 bridgehead atoms. The third-order valence-corrected chi connectivity index (χ3v) is 5.85. The highest BCUT2D eigenvalue weighted by atomic mass is 32.2. The number of carbonyl (C=O) groups is 2. The quantitative estimate of drug-likeness (QED) is 0.362. The van der Waals surface area contributed by atoms with Crippen LogP contribution in [0.3, 0.4) is 0 Å². The zero-order valence-electron chi connectivity index (χ0n) is 18.9. The maximum atomic E-state index is 12.1. The van der Waals surface area contributed by atoms with Gasteiger partial charge in [-0.05, 0) is 38.3 Å². The van der Waals surface area contributed by atoms with Gasteiger partial charge in [0.15, 0.2) is 17.3 Å². The Morgan fingerprint density at radius 3 is 2.76 bits per heavy atom. The van der Waals surface area contributed by atoms with Crippen molar-refractivity contribution in [3.05, 3.63) is 35.9 Å². The number of nitrogens with one attached hydrogen (secondary N) is 2. The molecule has 0 spiro atoms. The van der Waals surface area contributed by atoms with Gasteiger partial charge < -0.3 is 25.6 Å². The molecular formula is C21H24N8O4S. The minimum absolute atomic E-state index is 0.0126. The van der Waals surface area contributed by atoms with Crippen molar-refractivity contribution in [1.29, 1.82) is 0 Å². The number of rotatable bonds is 10. The molecule has 0 unspecified atom stereocenters. The van der Waals surface area contributed by atoms with Crippen molar-refractivity contribution in [2.45, 2.75) is 19.4 Å². The Bertz CT molecular complexity index is 1210. The molecule has 2 aromatic heterocycles. The fourth-order valence-corrected chi connectivity index (χ4v) is 3.40. The zero-order valence-corrected chi connectivity index (χ0v) is 19.7. The van der Waals surface area contributed by atoms with E-state index < -0.39 is 5.91 Å². The predicted molar refractivity (Wildman–Crippen MR) is 126 cm³/mol. The third kappa shape index (κ3) is 5.26. The molecule has 1 aromatic carbocycles. The second-order valence-electron chi connectivity index (χ2n) is 7.61. The van der Waals surface area contributed by atoms with E-state index in [1.165, 1.54) is 13.2 Å². The van der Waals surface area contributed by atoms with E-state index in [4.69, 9.17) is 15.0 Å². The van der Waals surface area contributed by atoms with Gasteiger partial charge in [-0.15, -0.1) is 10.2 Å². The lowest BCUT2D eigenvalue weighted by atomic mass is 10.1. The zero-order chi connectivity index (χ0) is 24.2. The number of hydrogen-bond donors (Lipinski definition) is 3. The molecule has 0 atom stereocenters. The molecule has 1 saturated carbocycles. The van der Waals surface area contributed by atoms with E-state index in [1.807, 2.05) is 17.6 Å². The topological polar surface area (TPSA) is 161 Å². The van der Waals surface area contributed by atoms with Crippen molar-refractivity contribution in [1.82, 2.24) is 24.6 Å². The third-order valence-electron chi connectivity index (χ3n) is 5.09. The Labute approximate surface area is 199 Å². The van der Waals surface area contributed by atoms with Gasteiger partial charge in [-0.3, -0.25) is 9.59 Å². The molecular weight excluding hydrogens is 460 g/mol. The summed E-state index contributed by atoms with van der Waals surface area (Å²) >= 11 is 1.55. The van der Waals surface area contributed by atoms with Crippen LogP contribution < -0.4 is 21.1 Å². The van der Waals surface area contributed by atoms with Crippen LogP contribution in [0.5, 0.6) is 5.75 Å². The summed E-state index contributed by atoms with van der Waals surface area (Å²) in [5.74, 6) is 0.520. The van der Waals surface area contributed by atoms with Crippen molar-refractivity contribution in [2.75, 3.05) is 31.0 Å². The maximum absolute atomic E-state index is 12.1. The number of benzene rings is 1. The first kappa shape index (κ1) is 23.4. The normalized spacial score (nSPS) is 13.1. The summed E-state index contributed by atoms with van der Waals surface area (Å²) in [6.07, 6.45) is 3.64. The van der Waals surface area contributed by atoms with E-state index in [9.17, 15) is 9.59 Å². The van der Waals surface area contributed by atoms with Crippen molar-refractivity contribution in [2.24, 2.45) is 11.7 Å². The number of nitrogens with zero attached hydrogens (tertiary/aromatic N) is 5. The molecule has 1 fully saturated rings. The summed E-state index contributed by atoms with van der Waals surface area (Å²) in [5.41, 5.74) is 6.75. The monoisotopic (exact) mass is 484 g/mol. The standard InChI is InChI=1S/C21H24N8O4S/c1-29(34-3)10-16-25-20(28-33-16)12-5-4-6-13(18(12)32-2)23-14-9-15(24-21(31)11-7-8-11)26-27-17(14)19(22)30/h4-6,9,11H,7-8,10H2,1-3H3,(H2,22,30)(H2,23,24,26,31). The molecule has 0 radical (unpaired) electrons. The fourth-order valence-electron chi connectivity index (χ4n) is 3.16. The molecule has 0 saturated heterocycles. The van der Waals surface area contributed by atoms with Gasteiger partial charge in [-0.2, -0.15) is 4.98 Å². The van der Waals surface area contributed by atoms with Gasteiger partial charge in [0.1, 0.15) is 0 Å². The Kier molecular flexibility index (Phi) is 6.93.